The molecule has 8 N–H and O–H groups in total. The van der Waals surface area contributed by atoms with Gasteiger partial charge in [0.15, 0.2) is 0 Å². The first-order chi connectivity index (χ1) is 21.9. The minimum Gasteiger partial charge on any atom is -0.508 e. The first-order valence-electron chi connectivity index (χ1n) is 15.3. The second-order valence-electron chi connectivity index (χ2n) is 10.4. The van der Waals surface area contributed by atoms with Crippen molar-refractivity contribution in [3.8, 4) is 5.75 Å². The molecule has 0 aliphatic rings. The molecule has 0 aliphatic heterocycles. The van der Waals surface area contributed by atoms with Crippen LogP contribution in [0.1, 0.15) is 83.1 Å². The normalized spacial score (nSPS) is 11.7. The molecule has 2 amide bonds. The van der Waals surface area contributed by atoms with Crippen LogP contribution in [0.2, 0.25) is 0 Å². The summed E-state index contributed by atoms with van der Waals surface area (Å²) >= 11 is 0. The van der Waals surface area contributed by atoms with Crippen LogP contribution >= 0.6 is 0 Å². The molecule has 0 saturated heterocycles. The maximum absolute atomic E-state index is 12.8. The Morgan fingerprint density at radius 3 is 1.68 bits per heavy atom. The van der Waals surface area contributed by atoms with Crippen molar-refractivity contribution < 1.29 is 60.8 Å². The van der Waals surface area contributed by atoms with Gasteiger partial charge >= 0.3 is 24.3 Å². The van der Waals surface area contributed by atoms with Crippen molar-refractivity contribution in [3.05, 3.63) is 29.8 Å². The van der Waals surface area contributed by atoms with Gasteiger partial charge in [-0.1, -0.05) is 57.6 Å². The molecule has 0 aromatic heterocycles. The molecule has 1 rings (SSSR count). The molecule has 0 aliphatic carbocycles. The summed E-state index contributed by atoms with van der Waals surface area (Å²) in [6.45, 7) is 5.52. The first-order valence-corrected chi connectivity index (χ1v) is 15.3. The number of rotatable bonds is 20. The van der Waals surface area contributed by atoms with Crippen LogP contribution < -0.4 is 21.7 Å². The first kappa shape index (κ1) is 45.5. The number of hydrogen-bond donors (Lipinski definition) is 7. The number of halogens is 6. The Hall–Kier alpha value is -3.60. The number of aliphatic carboxylic acids is 2. The Kier molecular flexibility index (Phi) is 25.6. The average Bonchev–Trinajstić information content (AvgIpc) is 2.98. The predicted molar refractivity (Wildman–Crippen MR) is 163 cm³/mol. The maximum Gasteiger partial charge on any atom is 0.490 e. The topological polar surface area (TPSA) is 191 Å². The standard InChI is InChI=1S/C26H46N4O3.2C2HF3O2/c1-2-3-8-12-25(32)30-24(21-22-13-15-23(31)16-14-22)26(33)29-20-10-7-5-4-6-9-18-28-19-11-17-27;2*3-2(4,5)1(6)7/h13-16,24,28,31H,2-12,17-21,27H2,1H3,(H,29,33)(H,30,32);2*(H,6,7)/t24-;;/m0../s1. The van der Waals surface area contributed by atoms with Gasteiger partial charge in [0, 0.05) is 19.4 Å². The zero-order chi connectivity index (χ0) is 36.3. The van der Waals surface area contributed by atoms with Gasteiger partial charge in [-0.25, -0.2) is 9.59 Å². The molecule has 11 nitrogen and oxygen atoms in total. The average molecular weight is 691 g/mol. The van der Waals surface area contributed by atoms with Crippen LogP contribution in [0.15, 0.2) is 24.3 Å². The zero-order valence-corrected chi connectivity index (χ0v) is 26.5. The number of hydrogen-bond acceptors (Lipinski definition) is 7. The Balaban J connectivity index is 0. The van der Waals surface area contributed by atoms with Gasteiger partial charge < -0.3 is 37.0 Å². The van der Waals surface area contributed by atoms with Crippen molar-refractivity contribution in [1.29, 1.82) is 0 Å². The number of nitrogens with two attached hydrogens (primary N) is 1. The Morgan fingerprint density at radius 2 is 1.21 bits per heavy atom. The van der Waals surface area contributed by atoms with Crippen molar-refractivity contribution in [1.82, 2.24) is 16.0 Å². The summed E-state index contributed by atoms with van der Waals surface area (Å²) in [5.41, 5.74) is 6.38. The second-order valence-corrected chi connectivity index (χ2v) is 10.4. The minimum absolute atomic E-state index is 0.0834. The molecule has 1 aromatic carbocycles. The summed E-state index contributed by atoms with van der Waals surface area (Å²) in [6.07, 6.45) is 1.43. The van der Waals surface area contributed by atoms with Crippen molar-refractivity contribution in [3.63, 3.8) is 0 Å². The third-order valence-electron chi connectivity index (χ3n) is 6.16. The van der Waals surface area contributed by atoms with E-state index in [9.17, 15) is 41.0 Å². The number of nitrogens with one attached hydrogen (secondary N) is 3. The van der Waals surface area contributed by atoms with Crippen molar-refractivity contribution in [2.45, 2.75) is 102 Å². The fraction of sp³-hybridized carbons (Fsp3) is 0.667. The molecular formula is C30H48F6N4O7. The predicted octanol–water partition coefficient (Wildman–Crippen LogP) is 4.66. The summed E-state index contributed by atoms with van der Waals surface area (Å²) in [4.78, 5) is 42.9. The van der Waals surface area contributed by atoms with Crippen LogP contribution in [-0.2, 0) is 25.6 Å². The number of unbranched alkanes of at least 4 members (excludes halogenated alkanes) is 7. The molecule has 0 unspecified atom stereocenters. The Labute approximate surface area is 270 Å². The van der Waals surface area contributed by atoms with Crippen molar-refractivity contribution in [2.24, 2.45) is 5.73 Å². The highest BCUT2D eigenvalue weighted by atomic mass is 19.4. The molecule has 0 heterocycles. The van der Waals surface area contributed by atoms with Crippen molar-refractivity contribution >= 4 is 23.8 Å². The van der Waals surface area contributed by atoms with Gasteiger partial charge in [0.1, 0.15) is 11.8 Å². The fourth-order valence-corrected chi connectivity index (χ4v) is 3.65. The van der Waals surface area contributed by atoms with E-state index in [2.05, 4.69) is 22.9 Å². The fourth-order valence-electron chi connectivity index (χ4n) is 3.65. The molecule has 0 bridgehead atoms. The third-order valence-corrected chi connectivity index (χ3v) is 6.16. The molecule has 0 radical (unpaired) electrons. The van der Waals surface area contributed by atoms with Crippen molar-refractivity contribution in [2.75, 3.05) is 26.2 Å². The summed E-state index contributed by atoms with van der Waals surface area (Å²) in [6, 6.07) is 6.17. The number of phenols is 1. The summed E-state index contributed by atoms with van der Waals surface area (Å²) in [5.74, 6) is -5.55. The molecule has 272 valence electrons. The second kappa shape index (κ2) is 26.5. The van der Waals surface area contributed by atoms with Crippen LogP contribution in [-0.4, -0.2) is 83.6 Å². The Morgan fingerprint density at radius 1 is 0.745 bits per heavy atom. The van der Waals surface area contributed by atoms with Gasteiger partial charge in [-0.2, -0.15) is 26.3 Å². The van der Waals surface area contributed by atoms with Gasteiger partial charge in [-0.05, 0) is 63.0 Å². The SMILES string of the molecule is CCCCCC(=O)N[C@@H](Cc1ccc(O)cc1)C(=O)NCCCCCCCCNCCCN.O=C(O)C(F)(F)F.O=C(O)C(F)(F)F. The number of amides is 2. The zero-order valence-electron chi connectivity index (χ0n) is 26.5. The number of alkyl halides is 6. The smallest absolute Gasteiger partial charge is 0.490 e. The summed E-state index contributed by atoms with van der Waals surface area (Å²) in [5, 5.41) is 33.0. The van der Waals surface area contributed by atoms with Gasteiger partial charge in [-0.15, -0.1) is 0 Å². The van der Waals surface area contributed by atoms with E-state index in [0.29, 0.717) is 19.4 Å². The molecule has 1 atom stereocenters. The Bertz CT molecular complexity index is 986. The largest absolute Gasteiger partial charge is 0.508 e. The van der Waals surface area contributed by atoms with E-state index in [4.69, 9.17) is 25.5 Å². The molecule has 0 spiro atoms. The molecule has 1 aromatic rings. The quantitative estimate of drug-likeness (QED) is 0.0753. The number of carbonyl (C=O) groups is 4. The number of carboxylic acid groups (broad SMARTS) is 2. The van der Waals surface area contributed by atoms with Gasteiger partial charge in [0.2, 0.25) is 11.8 Å². The molecule has 47 heavy (non-hydrogen) atoms. The monoisotopic (exact) mass is 690 g/mol. The highest BCUT2D eigenvalue weighted by molar-refractivity contribution is 5.87. The highest BCUT2D eigenvalue weighted by Crippen LogP contribution is 2.14. The number of carboxylic acids is 2. The van der Waals surface area contributed by atoms with E-state index >= 15 is 0 Å². The van der Waals surface area contributed by atoms with Gasteiger partial charge in [0.05, 0.1) is 0 Å². The summed E-state index contributed by atoms with van der Waals surface area (Å²) < 4.78 is 63.5. The van der Waals surface area contributed by atoms with Gasteiger partial charge in [-0.3, -0.25) is 9.59 Å². The lowest BCUT2D eigenvalue weighted by Crippen LogP contribution is -2.48. The lowest BCUT2D eigenvalue weighted by Gasteiger charge is -2.19. The number of benzene rings is 1. The molecule has 0 saturated carbocycles. The van der Waals surface area contributed by atoms with E-state index in [1.54, 1.807) is 24.3 Å². The van der Waals surface area contributed by atoms with E-state index in [-0.39, 0.29) is 17.6 Å². The molecule has 17 heteroatoms. The van der Waals surface area contributed by atoms with E-state index in [1.807, 2.05) is 0 Å². The van der Waals surface area contributed by atoms with Gasteiger partial charge in [0.25, 0.3) is 0 Å². The van der Waals surface area contributed by atoms with E-state index < -0.39 is 30.3 Å². The number of aromatic hydroxyl groups is 1. The van der Waals surface area contributed by atoms with Crippen LogP contribution in [0, 0.1) is 0 Å². The molecule has 0 fully saturated rings. The number of phenolic OH excluding ortho intramolecular Hbond substituents is 1. The minimum atomic E-state index is -5.08. The summed E-state index contributed by atoms with van der Waals surface area (Å²) in [7, 11) is 0. The lowest BCUT2D eigenvalue weighted by molar-refractivity contribution is -0.193. The van der Waals surface area contributed by atoms with E-state index in [0.717, 1.165) is 63.7 Å². The van der Waals surface area contributed by atoms with Crippen LogP contribution in [0.5, 0.6) is 5.75 Å². The lowest BCUT2D eigenvalue weighted by atomic mass is 10.0. The maximum atomic E-state index is 12.8. The highest BCUT2D eigenvalue weighted by Gasteiger charge is 2.38. The third kappa shape index (κ3) is 28.4. The van der Waals surface area contributed by atoms with E-state index in [1.165, 1.54) is 25.7 Å². The number of carbonyl (C=O) groups excluding carboxylic acids is 2. The molecular weight excluding hydrogens is 642 g/mol. The van der Waals surface area contributed by atoms with Crippen LogP contribution in [0.25, 0.3) is 0 Å². The van der Waals surface area contributed by atoms with Crippen LogP contribution in [0.4, 0.5) is 26.3 Å². The van der Waals surface area contributed by atoms with Crippen LogP contribution in [0.3, 0.4) is 0 Å².